The third kappa shape index (κ3) is 4.84. The van der Waals surface area contributed by atoms with Crippen molar-refractivity contribution in [3.05, 3.63) is 292 Å². The van der Waals surface area contributed by atoms with Gasteiger partial charge in [-0.2, -0.15) is 0 Å². The Balaban J connectivity index is 1.11. The summed E-state index contributed by atoms with van der Waals surface area (Å²) in [5, 5.41) is 2.45. The third-order valence-electron chi connectivity index (χ3n) is 15.0. The van der Waals surface area contributed by atoms with E-state index in [0.29, 0.717) is 0 Å². The molecule has 0 heterocycles. The topological polar surface area (TPSA) is 3.24 Å². The number of nitrogens with zero attached hydrogens (tertiary/aromatic N) is 1. The molecule has 64 heavy (non-hydrogen) atoms. The molecule has 3 aliphatic carbocycles. The van der Waals surface area contributed by atoms with Crippen molar-refractivity contribution in [3.63, 3.8) is 0 Å². The number of hydrogen-bond acceptors (Lipinski definition) is 1. The predicted molar refractivity (Wildman–Crippen MR) is 265 cm³/mol. The molecule has 10 aromatic rings. The fourth-order valence-electron chi connectivity index (χ4n) is 12.3. The number of hydrogen-bond donors (Lipinski definition) is 0. The normalized spacial score (nSPS) is 15.1. The minimum absolute atomic E-state index is 0.139. The van der Waals surface area contributed by atoms with E-state index < -0.39 is 10.8 Å². The van der Waals surface area contributed by atoms with Crippen LogP contribution in [-0.2, 0) is 16.2 Å². The van der Waals surface area contributed by atoms with Gasteiger partial charge in [0.25, 0.3) is 0 Å². The van der Waals surface area contributed by atoms with E-state index in [2.05, 4.69) is 255 Å². The van der Waals surface area contributed by atoms with Crippen LogP contribution in [0, 0.1) is 0 Å². The molecule has 0 bridgehead atoms. The summed E-state index contributed by atoms with van der Waals surface area (Å²) in [6.07, 6.45) is 0. The first kappa shape index (κ1) is 36.9. The van der Waals surface area contributed by atoms with Crippen LogP contribution in [0.15, 0.2) is 237 Å². The van der Waals surface area contributed by atoms with Gasteiger partial charge in [-0.05, 0) is 125 Å². The standard InChI is InChI=1S/C63H45N/c1-61(2)53-27-13-11-25-49(53)51-37-35-47(40-59(51)61)64(46-34-33-42-19-9-10-20-43(42)39-46)48-36-38-52-50-26-12-14-28-54(50)63(60(52)41-48)57-31-17-15-29-55(57)62(44-21-5-3-6-22-44,45-23-7-4-8-24-45)56-30-16-18-32-58(56)63/h3-41H,1-2H3. The molecule has 13 rings (SSSR count). The van der Waals surface area contributed by atoms with Gasteiger partial charge in [0.05, 0.1) is 10.8 Å². The number of fused-ring (bicyclic) bond motifs is 13. The third-order valence-corrected chi connectivity index (χ3v) is 15.0. The molecule has 10 aromatic carbocycles. The summed E-state index contributed by atoms with van der Waals surface area (Å²) >= 11 is 0. The Morgan fingerprint density at radius 1 is 0.266 bits per heavy atom. The van der Waals surface area contributed by atoms with Gasteiger partial charge < -0.3 is 4.90 Å². The molecule has 0 N–H and O–H groups in total. The highest BCUT2D eigenvalue weighted by Crippen LogP contribution is 2.65. The molecule has 1 heteroatoms. The van der Waals surface area contributed by atoms with Crippen LogP contribution in [0.1, 0.15) is 69.5 Å². The van der Waals surface area contributed by atoms with Crippen molar-refractivity contribution in [1.82, 2.24) is 0 Å². The van der Waals surface area contributed by atoms with Crippen LogP contribution >= 0.6 is 0 Å². The average molecular weight is 816 g/mol. The Morgan fingerprint density at radius 2 is 0.656 bits per heavy atom. The Bertz CT molecular complexity index is 3400. The highest BCUT2D eigenvalue weighted by molar-refractivity contribution is 5.94. The zero-order valence-corrected chi connectivity index (χ0v) is 36.0. The molecule has 0 aromatic heterocycles. The van der Waals surface area contributed by atoms with Gasteiger partial charge in [0.1, 0.15) is 0 Å². The van der Waals surface area contributed by atoms with Crippen molar-refractivity contribution in [3.8, 4) is 22.3 Å². The van der Waals surface area contributed by atoms with Gasteiger partial charge in [-0.15, -0.1) is 0 Å². The lowest BCUT2D eigenvalue weighted by molar-refractivity contribution is 0.623. The van der Waals surface area contributed by atoms with E-state index in [9.17, 15) is 0 Å². The van der Waals surface area contributed by atoms with E-state index in [1.807, 2.05) is 0 Å². The highest BCUT2D eigenvalue weighted by atomic mass is 15.1. The molecule has 3 aliphatic rings. The van der Waals surface area contributed by atoms with Crippen molar-refractivity contribution >= 4 is 27.8 Å². The van der Waals surface area contributed by atoms with Gasteiger partial charge in [-0.25, -0.2) is 0 Å². The maximum absolute atomic E-state index is 2.53. The second kappa shape index (κ2) is 13.6. The first-order valence-electron chi connectivity index (χ1n) is 22.6. The lowest BCUT2D eigenvalue weighted by Gasteiger charge is -2.50. The van der Waals surface area contributed by atoms with Crippen molar-refractivity contribution in [2.45, 2.75) is 30.1 Å². The fourth-order valence-corrected chi connectivity index (χ4v) is 12.3. The van der Waals surface area contributed by atoms with Crippen molar-refractivity contribution in [1.29, 1.82) is 0 Å². The van der Waals surface area contributed by atoms with E-state index >= 15 is 0 Å². The zero-order chi connectivity index (χ0) is 42.6. The number of benzene rings is 10. The van der Waals surface area contributed by atoms with Crippen LogP contribution in [-0.4, -0.2) is 0 Å². The first-order valence-corrected chi connectivity index (χ1v) is 22.6. The van der Waals surface area contributed by atoms with Crippen molar-refractivity contribution in [2.24, 2.45) is 0 Å². The maximum atomic E-state index is 2.53. The quantitative estimate of drug-likeness (QED) is 0.167. The SMILES string of the molecule is CC1(C)c2ccccc2-c2ccc(N(c3ccc4c(c3)C3(c5ccccc5-4)c4ccccc4C(c4ccccc4)(c4ccccc4)c4ccccc43)c3ccc4ccccc4c3)cc21. The molecule has 1 nitrogen and oxygen atoms in total. The summed E-state index contributed by atoms with van der Waals surface area (Å²) in [6, 6.07) is 89.2. The molecule has 1 spiro atoms. The molecule has 0 fully saturated rings. The molecule has 0 aliphatic heterocycles. The van der Waals surface area contributed by atoms with Crippen LogP contribution in [0.4, 0.5) is 17.1 Å². The molecule has 0 saturated carbocycles. The van der Waals surface area contributed by atoms with Crippen LogP contribution in [0.25, 0.3) is 33.0 Å². The van der Waals surface area contributed by atoms with Crippen LogP contribution < -0.4 is 4.90 Å². The summed E-state index contributed by atoms with van der Waals surface area (Å²) in [5.74, 6) is 0. The molecule has 0 unspecified atom stereocenters. The predicted octanol–water partition coefficient (Wildman–Crippen LogP) is 15.7. The Morgan fingerprint density at radius 3 is 1.25 bits per heavy atom. The minimum Gasteiger partial charge on any atom is -0.310 e. The van der Waals surface area contributed by atoms with Crippen LogP contribution in [0.5, 0.6) is 0 Å². The van der Waals surface area contributed by atoms with E-state index in [-0.39, 0.29) is 5.41 Å². The molecule has 0 saturated heterocycles. The molecule has 302 valence electrons. The van der Waals surface area contributed by atoms with Gasteiger partial charge in [0, 0.05) is 22.5 Å². The lowest BCUT2D eigenvalue weighted by Crippen LogP contribution is -2.44. The largest absolute Gasteiger partial charge is 0.310 e. The summed E-state index contributed by atoms with van der Waals surface area (Å²) in [7, 11) is 0. The summed E-state index contributed by atoms with van der Waals surface area (Å²) in [6.45, 7) is 4.75. The van der Waals surface area contributed by atoms with E-state index in [1.54, 1.807) is 0 Å². The minimum atomic E-state index is -0.598. The summed E-state index contributed by atoms with van der Waals surface area (Å²) in [5.41, 5.74) is 20.5. The summed E-state index contributed by atoms with van der Waals surface area (Å²) in [4.78, 5) is 2.50. The highest BCUT2D eigenvalue weighted by Gasteiger charge is 2.56. The number of anilines is 3. The van der Waals surface area contributed by atoms with E-state index in [0.717, 1.165) is 17.1 Å². The van der Waals surface area contributed by atoms with E-state index in [1.165, 1.54) is 88.7 Å². The first-order chi connectivity index (χ1) is 31.5. The van der Waals surface area contributed by atoms with Crippen molar-refractivity contribution in [2.75, 3.05) is 4.90 Å². The van der Waals surface area contributed by atoms with Gasteiger partial charge in [-0.1, -0.05) is 214 Å². The Kier molecular flexibility index (Phi) is 7.85. The molecule has 0 radical (unpaired) electrons. The van der Waals surface area contributed by atoms with Crippen LogP contribution in [0.3, 0.4) is 0 Å². The monoisotopic (exact) mass is 815 g/mol. The van der Waals surface area contributed by atoms with Crippen molar-refractivity contribution < 1.29 is 0 Å². The second-order valence-corrected chi connectivity index (χ2v) is 18.4. The molecular weight excluding hydrogens is 771 g/mol. The van der Waals surface area contributed by atoms with Gasteiger partial charge in [-0.3, -0.25) is 0 Å². The average Bonchev–Trinajstić information content (AvgIpc) is 3.77. The van der Waals surface area contributed by atoms with Gasteiger partial charge in [0.15, 0.2) is 0 Å². The summed E-state index contributed by atoms with van der Waals surface area (Å²) < 4.78 is 0. The maximum Gasteiger partial charge on any atom is 0.0720 e. The zero-order valence-electron chi connectivity index (χ0n) is 36.0. The smallest absolute Gasteiger partial charge is 0.0720 e. The molecular formula is C63H45N. The van der Waals surface area contributed by atoms with Gasteiger partial charge in [0.2, 0.25) is 0 Å². The molecule has 0 amide bonds. The second-order valence-electron chi connectivity index (χ2n) is 18.4. The molecule has 0 atom stereocenters. The number of rotatable bonds is 5. The van der Waals surface area contributed by atoms with E-state index in [4.69, 9.17) is 0 Å². The fraction of sp³-hybridized carbons (Fsp3) is 0.0794. The Hall–Kier alpha value is -7.74. The van der Waals surface area contributed by atoms with Gasteiger partial charge >= 0.3 is 0 Å². The lowest BCUT2D eigenvalue weighted by atomic mass is 9.51. The Labute approximate surface area is 375 Å². The van der Waals surface area contributed by atoms with Crippen LogP contribution in [0.2, 0.25) is 0 Å².